The third-order valence-electron chi connectivity index (χ3n) is 3.34. The number of likely N-dealkylation sites (N-methyl/N-ethyl adjacent to an activating group) is 1. The average Bonchev–Trinajstić information content (AvgIpc) is 2.80. The zero-order valence-corrected chi connectivity index (χ0v) is 14.1. The highest BCUT2D eigenvalue weighted by atomic mass is 79.9. The molecule has 1 N–H and O–H groups in total. The largest absolute Gasteiger partial charge is 0.315 e. The smallest absolute Gasteiger partial charge is 0.243 e. The maximum absolute atomic E-state index is 12.5. The van der Waals surface area contributed by atoms with Crippen LogP contribution in [0.3, 0.4) is 0 Å². The molecule has 7 heteroatoms. The van der Waals surface area contributed by atoms with Crippen LogP contribution in [0.5, 0.6) is 0 Å². The van der Waals surface area contributed by atoms with E-state index < -0.39 is 10.0 Å². The van der Waals surface area contributed by atoms with Crippen molar-refractivity contribution in [2.45, 2.75) is 24.3 Å². The Labute approximate surface area is 129 Å². The van der Waals surface area contributed by atoms with Crippen molar-refractivity contribution in [1.82, 2.24) is 9.62 Å². The molecule has 0 aromatic heterocycles. The number of halogens is 2. The number of aryl methyl sites for hydroxylation is 1. The van der Waals surface area contributed by atoms with Crippen LogP contribution in [0, 0.1) is 6.92 Å². The van der Waals surface area contributed by atoms with E-state index in [1.54, 1.807) is 19.2 Å². The van der Waals surface area contributed by atoms with Crippen LogP contribution in [-0.2, 0) is 10.0 Å². The minimum Gasteiger partial charge on any atom is -0.315 e. The maximum atomic E-state index is 12.5. The molecule has 108 valence electrons. The first-order valence-electron chi connectivity index (χ1n) is 5.88. The molecule has 0 aliphatic carbocycles. The van der Waals surface area contributed by atoms with Gasteiger partial charge in [-0.15, -0.1) is 12.4 Å². The first-order chi connectivity index (χ1) is 8.43. The lowest BCUT2D eigenvalue weighted by Gasteiger charge is -2.24. The zero-order valence-electron chi connectivity index (χ0n) is 10.9. The molecule has 2 rings (SSSR count). The van der Waals surface area contributed by atoms with Crippen LogP contribution in [0.4, 0.5) is 0 Å². The molecule has 0 bridgehead atoms. The quantitative estimate of drug-likeness (QED) is 0.888. The average molecular weight is 370 g/mol. The molecule has 1 aromatic carbocycles. The Morgan fingerprint density at radius 2 is 2.11 bits per heavy atom. The summed E-state index contributed by atoms with van der Waals surface area (Å²) in [7, 11) is -1.74. The fourth-order valence-corrected chi connectivity index (χ4v) is 4.27. The first kappa shape index (κ1) is 16.9. The third kappa shape index (κ3) is 3.49. The molecule has 19 heavy (non-hydrogen) atoms. The third-order valence-corrected chi connectivity index (χ3v) is 5.91. The van der Waals surface area contributed by atoms with E-state index in [0.29, 0.717) is 4.90 Å². The lowest BCUT2D eigenvalue weighted by Crippen LogP contribution is -2.38. The standard InChI is InChI=1S/C12H17BrN2O2S.ClH/c1-9-7-10(13)3-4-12(9)18(16,17)15(2)11-5-6-14-8-11;/h3-4,7,11,14H,5-6,8H2,1-2H3;1H. The summed E-state index contributed by atoms with van der Waals surface area (Å²) in [6.07, 6.45) is 0.866. The van der Waals surface area contributed by atoms with Gasteiger partial charge in [-0.2, -0.15) is 4.31 Å². The molecule has 0 saturated carbocycles. The Hall–Kier alpha value is -0.140. The molecule has 0 amide bonds. The van der Waals surface area contributed by atoms with E-state index in [-0.39, 0.29) is 18.4 Å². The summed E-state index contributed by atoms with van der Waals surface area (Å²) in [5.41, 5.74) is 0.766. The number of sulfonamides is 1. The van der Waals surface area contributed by atoms with E-state index in [9.17, 15) is 8.42 Å². The Balaban J connectivity index is 0.00000180. The van der Waals surface area contributed by atoms with Gasteiger partial charge in [0.1, 0.15) is 0 Å². The summed E-state index contributed by atoms with van der Waals surface area (Å²) in [5.74, 6) is 0. The molecular weight excluding hydrogens is 352 g/mol. The van der Waals surface area contributed by atoms with Crippen LogP contribution in [0.15, 0.2) is 27.6 Å². The molecule has 1 aromatic rings. The summed E-state index contributed by atoms with van der Waals surface area (Å²) >= 11 is 3.35. The molecule has 1 atom stereocenters. The number of nitrogens with one attached hydrogen (secondary N) is 1. The van der Waals surface area contributed by atoms with Gasteiger partial charge in [-0.3, -0.25) is 0 Å². The van der Waals surface area contributed by atoms with Crippen LogP contribution in [-0.4, -0.2) is 38.9 Å². The maximum Gasteiger partial charge on any atom is 0.243 e. The normalized spacial score (nSPS) is 19.5. The van der Waals surface area contributed by atoms with E-state index >= 15 is 0 Å². The van der Waals surface area contributed by atoms with Crippen molar-refractivity contribution >= 4 is 38.4 Å². The predicted octanol–water partition coefficient (Wildman–Crippen LogP) is 2.16. The molecule has 0 radical (unpaired) electrons. The van der Waals surface area contributed by atoms with Gasteiger partial charge in [-0.05, 0) is 43.7 Å². The Kier molecular flexibility index (Phi) is 5.82. The van der Waals surface area contributed by atoms with E-state index in [1.807, 2.05) is 13.0 Å². The van der Waals surface area contributed by atoms with E-state index in [1.165, 1.54) is 4.31 Å². The highest BCUT2D eigenvalue weighted by Crippen LogP contribution is 2.24. The first-order valence-corrected chi connectivity index (χ1v) is 8.11. The summed E-state index contributed by atoms with van der Waals surface area (Å²) in [6.45, 7) is 3.42. The van der Waals surface area contributed by atoms with Crippen LogP contribution in [0.2, 0.25) is 0 Å². The summed E-state index contributed by atoms with van der Waals surface area (Å²) in [5, 5.41) is 3.19. The van der Waals surface area contributed by atoms with Crippen molar-refractivity contribution in [3.8, 4) is 0 Å². The molecule has 1 fully saturated rings. The minimum absolute atomic E-state index is 0. The van der Waals surface area contributed by atoms with Crippen LogP contribution in [0.1, 0.15) is 12.0 Å². The van der Waals surface area contributed by atoms with Gasteiger partial charge in [-0.25, -0.2) is 8.42 Å². The van der Waals surface area contributed by atoms with Crippen molar-refractivity contribution in [2.24, 2.45) is 0 Å². The van der Waals surface area contributed by atoms with Gasteiger partial charge in [0, 0.05) is 24.1 Å². The van der Waals surface area contributed by atoms with Gasteiger partial charge in [-0.1, -0.05) is 15.9 Å². The molecule has 1 heterocycles. The van der Waals surface area contributed by atoms with Crippen molar-refractivity contribution in [3.05, 3.63) is 28.2 Å². The Morgan fingerprint density at radius 3 is 2.63 bits per heavy atom. The molecule has 4 nitrogen and oxygen atoms in total. The fourth-order valence-electron chi connectivity index (χ4n) is 2.20. The molecule has 1 saturated heterocycles. The molecule has 1 aliphatic rings. The van der Waals surface area contributed by atoms with Gasteiger partial charge in [0.2, 0.25) is 10.0 Å². The summed E-state index contributed by atoms with van der Waals surface area (Å²) in [6, 6.07) is 5.31. The van der Waals surface area contributed by atoms with Gasteiger partial charge >= 0.3 is 0 Å². The van der Waals surface area contributed by atoms with Gasteiger partial charge < -0.3 is 5.32 Å². The van der Waals surface area contributed by atoms with Crippen molar-refractivity contribution in [3.63, 3.8) is 0 Å². The molecule has 1 unspecified atom stereocenters. The second kappa shape index (κ2) is 6.54. The van der Waals surface area contributed by atoms with Crippen LogP contribution in [0.25, 0.3) is 0 Å². The number of rotatable bonds is 3. The predicted molar refractivity (Wildman–Crippen MR) is 82.4 cm³/mol. The zero-order chi connectivity index (χ0) is 13.3. The lowest BCUT2D eigenvalue weighted by atomic mass is 10.2. The second-order valence-electron chi connectivity index (χ2n) is 4.58. The van der Waals surface area contributed by atoms with Crippen LogP contribution < -0.4 is 5.32 Å². The minimum atomic E-state index is -3.40. The molecule has 1 aliphatic heterocycles. The van der Waals surface area contributed by atoms with E-state index in [2.05, 4.69) is 21.2 Å². The molecule has 0 spiro atoms. The van der Waals surface area contributed by atoms with Crippen molar-refractivity contribution in [2.75, 3.05) is 20.1 Å². The Morgan fingerprint density at radius 1 is 1.42 bits per heavy atom. The van der Waals surface area contributed by atoms with Crippen LogP contribution >= 0.6 is 28.3 Å². The highest BCUT2D eigenvalue weighted by Gasteiger charge is 2.30. The van der Waals surface area contributed by atoms with Gasteiger partial charge in [0.05, 0.1) is 4.90 Å². The molecular formula is C12H18BrClN2O2S. The van der Waals surface area contributed by atoms with Crippen molar-refractivity contribution < 1.29 is 8.42 Å². The van der Waals surface area contributed by atoms with Gasteiger partial charge in [0.15, 0.2) is 0 Å². The van der Waals surface area contributed by atoms with Gasteiger partial charge in [0.25, 0.3) is 0 Å². The van der Waals surface area contributed by atoms with E-state index in [0.717, 1.165) is 29.5 Å². The number of hydrogen-bond donors (Lipinski definition) is 1. The summed E-state index contributed by atoms with van der Waals surface area (Å²) < 4.78 is 27.5. The number of nitrogens with zero attached hydrogens (tertiary/aromatic N) is 1. The lowest BCUT2D eigenvalue weighted by molar-refractivity contribution is 0.387. The SMILES string of the molecule is Cc1cc(Br)ccc1S(=O)(=O)N(C)C1CCNC1.Cl. The Bertz CT molecular complexity index is 545. The van der Waals surface area contributed by atoms with E-state index in [4.69, 9.17) is 0 Å². The summed E-state index contributed by atoms with van der Waals surface area (Å²) in [4.78, 5) is 0.389. The highest BCUT2D eigenvalue weighted by molar-refractivity contribution is 9.10. The number of hydrogen-bond acceptors (Lipinski definition) is 3. The monoisotopic (exact) mass is 368 g/mol. The van der Waals surface area contributed by atoms with Crippen molar-refractivity contribution in [1.29, 1.82) is 0 Å². The fraction of sp³-hybridized carbons (Fsp3) is 0.500. The number of benzene rings is 1. The second-order valence-corrected chi connectivity index (χ2v) is 7.46. The topological polar surface area (TPSA) is 49.4 Å².